The van der Waals surface area contributed by atoms with Crippen LogP contribution in [0, 0.1) is 0 Å². The third-order valence-electron chi connectivity index (χ3n) is 3.85. The predicted molar refractivity (Wildman–Crippen MR) is 72.6 cm³/mol. The van der Waals surface area contributed by atoms with E-state index in [0.29, 0.717) is 0 Å². The van der Waals surface area contributed by atoms with Crippen molar-refractivity contribution in [2.75, 3.05) is 24.5 Å². The average molecular weight is 230 g/mol. The van der Waals surface area contributed by atoms with E-state index >= 15 is 0 Å². The fraction of sp³-hybridized carbons (Fsp3) is 0.600. The minimum atomic E-state index is 0.831. The molecular weight excluding hydrogens is 208 g/mol. The minimum absolute atomic E-state index is 0.831. The summed E-state index contributed by atoms with van der Waals surface area (Å²) in [5, 5.41) is 3.61. The Morgan fingerprint density at radius 2 is 2.06 bits per heavy atom. The van der Waals surface area contributed by atoms with Crippen LogP contribution in [0.25, 0.3) is 0 Å². The van der Waals surface area contributed by atoms with Crippen molar-refractivity contribution in [3.05, 3.63) is 29.8 Å². The van der Waals surface area contributed by atoms with Gasteiger partial charge >= 0.3 is 0 Å². The average Bonchev–Trinajstić information content (AvgIpc) is 3.17. The summed E-state index contributed by atoms with van der Waals surface area (Å²) in [6, 6.07) is 9.76. The van der Waals surface area contributed by atoms with Crippen LogP contribution in [0.3, 0.4) is 0 Å². The zero-order valence-corrected chi connectivity index (χ0v) is 10.5. The third kappa shape index (κ3) is 2.81. The van der Waals surface area contributed by atoms with Gasteiger partial charge in [0.15, 0.2) is 0 Å². The van der Waals surface area contributed by atoms with Gasteiger partial charge in [0, 0.05) is 31.4 Å². The van der Waals surface area contributed by atoms with E-state index in [1.165, 1.54) is 49.9 Å². The van der Waals surface area contributed by atoms with Crippen molar-refractivity contribution in [3.63, 3.8) is 0 Å². The standard InChI is InChI=1S/C15H22N2/c1-2-7-15-13(5-1)6-3-4-11-17(15)12-10-16-14-8-9-14/h1-2,5,7,14,16H,3-4,6,8-12H2. The van der Waals surface area contributed by atoms with Crippen LogP contribution in [0.2, 0.25) is 0 Å². The van der Waals surface area contributed by atoms with Crippen molar-refractivity contribution in [3.8, 4) is 0 Å². The van der Waals surface area contributed by atoms with E-state index in [1.54, 1.807) is 0 Å². The highest BCUT2D eigenvalue weighted by molar-refractivity contribution is 5.54. The first kappa shape index (κ1) is 11.1. The van der Waals surface area contributed by atoms with Gasteiger partial charge in [-0.25, -0.2) is 0 Å². The lowest BCUT2D eigenvalue weighted by atomic mass is 10.1. The normalized spacial score (nSPS) is 19.9. The first-order chi connectivity index (χ1) is 8.43. The molecule has 2 heteroatoms. The Balaban J connectivity index is 1.65. The summed E-state index contributed by atoms with van der Waals surface area (Å²) < 4.78 is 0. The maximum Gasteiger partial charge on any atom is 0.0399 e. The van der Waals surface area contributed by atoms with E-state index < -0.39 is 0 Å². The molecule has 0 aromatic heterocycles. The number of hydrogen-bond acceptors (Lipinski definition) is 2. The molecule has 0 unspecified atom stereocenters. The van der Waals surface area contributed by atoms with Crippen LogP contribution < -0.4 is 10.2 Å². The molecule has 0 atom stereocenters. The van der Waals surface area contributed by atoms with Gasteiger partial charge in [-0.2, -0.15) is 0 Å². The SMILES string of the molecule is c1ccc2c(c1)CCCCN2CCNC1CC1. The molecule has 0 amide bonds. The summed E-state index contributed by atoms with van der Waals surface area (Å²) in [6.45, 7) is 3.52. The maximum absolute atomic E-state index is 3.61. The van der Waals surface area contributed by atoms with Gasteiger partial charge < -0.3 is 10.2 Å². The number of benzene rings is 1. The van der Waals surface area contributed by atoms with Crippen LogP contribution in [0.5, 0.6) is 0 Å². The molecule has 3 rings (SSSR count). The number of hydrogen-bond donors (Lipinski definition) is 1. The van der Waals surface area contributed by atoms with E-state index in [1.807, 2.05) is 0 Å². The van der Waals surface area contributed by atoms with Gasteiger partial charge in [-0.3, -0.25) is 0 Å². The highest BCUT2D eigenvalue weighted by atomic mass is 15.1. The van der Waals surface area contributed by atoms with Crippen LogP contribution in [-0.2, 0) is 6.42 Å². The van der Waals surface area contributed by atoms with Gasteiger partial charge in [-0.1, -0.05) is 18.2 Å². The first-order valence-corrected chi connectivity index (χ1v) is 7.00. The molecule has 1 fully saturated rings. The monoisotopic (exact) mass is 230 g/mol. The van der Waals surface area contributed by atoms with Crippen molar-refractivity contribution in [1.82, 2.24) is 5.32 Å². The summed E-state index contributed by atoms with van der Waals surface area (Å²) >= 11 is 0. The van der Waals surface area contributed by atoms with Crippen LogP contribution in [0.1, 0.15) is 31.2 Å². The van der Waals surface area contributed by atoms with Gasteiger partial charge in [0.25, 0.3) is 0 Å². The van der Waals surface area contributed by atoms with Gasteiger partial charge in [-0.15, -0.1) is 0 Å². The smallest absolute Gasteiger partial charge is 0.0399 e. The number of para-hydroxylation sites is 1. The Labute approximate surface area is 104 Å². The molecule has 1 aliphatic carbocycles. The molecule has 2 aliphatic rings. The summed E-state index contributed by atoms with van der Waals surface area (Å²) in [5.74, 6) is 0. The van der Waals surface area contributed by atoms with Crippen LogP contribution in [-0.4, -0.2) is 25.7 Å². The van der Waals surface area contributed by atoms with E-state index in [9.17, 15) is 0 Å². The lowest BCUT2D eigenvalue weighted by Crippen LogP contribution is -2.33. The first-order valence-electron chi connectivity index (χ1n) is 7.00. The molecule has 1 N–H and O–H groups in total. The van der Waals surface area contributed by atoms with E-state index in [0.717, 1.165) is 19.1 Å². The number of nitrogens with zero attached hydrogens (tertiary/aromatic N) is 1. The molecule has 0 spiro atoms. The van der Waals surface area contributed by atoms with E-state index in [-0.39, 0.29) is 0 Å². The number of anilines is 1. The molecule has 1 aliphatic heterocycles. The summed E-state index contributed by atoms with van der Waals surface area (Å²) in [7, 11) is 0. The van der Waals surface area contributed by atoms with E-state index in [4.69, 9.17) is 0 Å². The zero-order chi connectivity index (χ0) is 11.5. The van der Waals surface area contributed by atoms with Crippen molar-refractivity contribution in [2.45, 2.75) is 38.1 Å². The Morgan fingerprint density at radius 1 is 1.18 bits per heavy atom. The fourth-order valence-corrected chi connectivity index (χ4v) is 2.69. The molecule has 17 heavy (non-hydrogen) atoms. The largest absolute Gasteiger partial charge is 0.370 e. The fourth-order valence-electron chi connectivity index (χ4n) is 2.69. The summed E-state index contributed by atoms with van der Waals surface area (Å²) in [4.78, 5) is 2.57. The molecule has 1 aromatic rings. The molecular formula is C15H22N2. The molecule has 1 aromatic carbocycles. The van der Waals surface area contributed by atoms with E-state index in [2.05, 4.69) is 34.5 Å². The molecule has 0 bridgehead atoms. The third-order valence-corrected chi connectivity index (χ3v) is 3.85. The maximum atomic E-state index is 3.61. The Bertz CT molecular complexity index is 371. The van der Waals surface area contributed by atoms with Crippen molar-refractivity contribution in [2.24, 2.45) is 0 Å². The quantitative estimate of drug-likeness (QED) is 0.855. The Hall–Kier alpha value is -1.02. The van der Waals surface area contributed by atoms with Crippen molar-refractivity contribution in [1.29, 1.82) is 0 Å². The number of rotatable bonds is 4. The van der Waals surface area contributed by atoms with Gasteiger partial charge in [0.05, 0.1) is 0 Å². The molecule has 2 nitrogen and oxygen atoms in total. The van der Waals surface area contributed by atoms with Gasteiger partial charge in [-0.05, 0) is 43.7 Å². The van der Waals surface area contributed by atoms with Crippen LogP contribution >= 0.6 is 0 Å². The lowest BCUT2D eigenvalue weighted by molar-refractivity contribution is 0.643. The molecule has 92 valence electrons. The van der Waals surface area contributed by atoms with Gasteiger partial charge in [0.2, 0.25) is 0 Å². The number of nitrogens with one attached hydrogen (secondary N) is 1. The van der Waals surface area contributed by atoms with Crippen LogP contribution in [0.15, 0.2) is 24.3 Å². The highest BCUT2D eigenvalue weighted by Crippen LogP contribution is 2.25. The van der Waals surface area contributed by atoms with Crippen LogP contribution in [0.4, 0.5) is 5.69 Å². The van der Waals surface area contributed by atoms with Crippen molar-refractivity contribution < 1.29 is 0 Å². The molecule has 1 heterocycles. The second kappa shape index (κ2) is 5.09. The van der Waals surface area contributed by atoms with Crippen molar-refractivity contribution >= 4 is 5.69 Å². The zero-order valence-electron chi connectivity index (χ0n) is 10.5. The minimum Gasteiger partial charge on any atom is -0.370 e. The topological polar surface area (TPSA) is 15.3 Å². The second-order valence-electron chi connectivity index (χ2n) is 5.30. The Kier molecular flexibility index (Phi) is 3.32. The van der Waals surface area contributed by atoms with Gasteiger partial charge in [0.1, 0.15) is 0 Å². The summed E-state index contributed by atoms with van der Waals surface area (Å²) in [6.07, 6.45) is 6.69. The molecule has 0 saturated heterocycles. The number of fused-ring (bicyclic) bond motifs is 1. The highest BCUT2D eigenvalue weighted by Gasteiger charge is 2.20. The lowest BCUT2D eigenvalue weighted by Gasteiger charge is -2.25. The molecule has 0 radical (unpaired) electrons. The molecule has 1 saturated carbocycles. The number of aryl methyl sites for hydroxylation is 1. The predicted octanol–water partition coefficient (Wildman–Crippen LogP) is 2.58. The Morgan fingerprint density at radius 3 is 2.94 bits per heavy atom. The summed E-state index contributed by atoms with van der Waals surface area (Å²) in [5.41, 5.74) is 3.01. The second-order valence-corrected chi connectivity index (χ2v) is 5.30.